The minimum absolute atomic E-state index is 0.473. The first kappa shape index (κ1) is 14.7. The number of nitrogens with two attached hydrogens (primary N) is 1. The number of nitrogens with one attached hydrogen (secondary N) is 1. The number of hydrazine groups is 1. The Kier molecular flexibility index (Phi) is 6.46. The molecule has 0 saturated carbocycles. The van der Waals surface area contributed by atoms with Gasteiger partial charge in [-0.2, -0.15) is 0 Å². The van der Waals surface area contributed by atoms with Crippen molar-refractivity contribution in [3.8, 4) is 0 Å². The standard InChI is InChI=1S/C13H24N4O/c1-4-11(5-2)17(9-10-18-3)13-8-6-7-12(15-13)16-14/h6-8,11H,4-5,9-10,14H2,1-3H3,(H,15,16). The third-order valence-electron chi connectivity index (χ3n) is 3.10. The molecular formula is C13H24N4O. The maximum Gasteiger partial charge on any atom is 0.142 e. The van der Waals surface area contributed by atoms with Gasteiger partial charge >= 0.3 is 0 Å². The van der Waals surface area contributed by atoms with E-state index in [0.29, 0.717) is 18.5 Å². The molecule has 0 amide bonds. The quantitative estimate of drug-likeness (QED) is 0.547. The SMILES string of the molecule is CCC(CC)N(CCOC)c1cccc(NN)n1. The van der Waals surface area contributed by atoms with Crippen molar-refractivity contribution in [1.82, 2.24) is 4.98 Å². The van der Waals surface area contributed by atoms with Crippen LogP contribution in [0.4, 0.5) is 11.6 Å². The fourth-order valence-electron chi connectivity index (χ4n) is 2.07. The number of nitrogen functional groups attached to an aromatic ring is 1. The molecular weight excluding hydrogens is 228 g/mol. The van der Waals surface area contributed by atoms with Crippen LogP contribution in [0.15, 0.2) is 18.2 Å². The van der Waals surface area contributed by atoms with Gasteiger partial charge in [-0.25, -0.2) is 10.8 Å². The van der Waals surface area contributed by atoms with Crippen LogP contribution in [0.2, 0.25) is 0 Å². The second-order valence-electron chi connectivity index (χ2n) is 4.18. The number of hydrogen-bond donors (Lipinski definition) is 2. The van der Waals surface area contributed by atoms with E-state index in [1.54, 1.807) is 7.11 Å². The predicted molar refractivity (Wildman–Crippen MR) is 75.6 cm³/mol. The summed E-state index contributed by atoms with van der Waals surface area (Å²) >= 11 is 0. The summed E-state index contributed by atoms with van der Waals surface area (Å²) in [5, 5.41) is 0. The Hall–Kier alpha value is -1.33. The Morgan fingerprint density at radius 2 is 2.11 bits per heavy atom. The fourth-order valence-corrected chi connectivity index (χ4v) is 2.07. The summed E-state index contributed by atoms with van der Waals surface area (Å²) in [7, 11) is 1.72. The molecule has 0 aliphatic carbocycles. The molecule has 0 aliphatic rings. The third kappa shape index (κ3) is 3.85. The van der Waals surface area contributed by atoms with Crippen molar-refractivity contribution in [2.45, 2.75) is 32.7 Å². The van der Waals surface area contributed by atoms with E-state index in [0.717, 1.165) is 25.2 Å². The van der Waals surface area contributed by atoms with Gasteiger partial charge in [-0.15, -0.1) is 0 Å². The minimum atomic E-state index is 0.473. The first-order chi connectivity index (χ1) is 8.76. The van der Waals surface area contributed by atoms with Gasteiger partial charge in [-0.3, -0.25) is 0 Å². The minimum Gasteiger partial charge on any atom is -0.383 e. The molecule has 0 radical (unpaired) electrons. The molecule has 0 spiro atoms. The highest BCUT2D eigenvalue weighted by Crippen LogP contribution is 2.19. The van der Waals surface area contributed by atoms with Crippen molar-refractivity contribution in [3.63, 3.8) is 0 Å². The zero-order valence-corrected chi connectivity index (χ0v) is 11.5. The first-order valence-corrected chi connectivity index (χ1v) is 6.46. The average molecular weight is 252 g/mol. The molecule has 102 valence electrons. The highest BCUT2D eigenvalue weighted by Gasteiger charge is 2.16. The molecule has 1 aromatic rings. The van der Waals surface area contributed by atoms with E-state index in [9.17, 15) is 0 Å². The number of aromatic nitrogens is 1. The normalized spacial score (nSPS) is 10.7. The van der Waals surface area contributed by atoms with Crippen molar-refractivity contribution in [2.75, 3.05) is 30.6 Å². The molecule has 3 N–H and O–H groups in total. The number of pyridine rings is 1. The van der Waals surface area contributed by atoms with E-state index in [1.807, 2.05) is 18.2 Å². The topological polar surface area (TPSA) is 63.4 Å². The van der Waals surface area contributed by atoms with Gasteiger partial charge in [0, 0.05) is 19.7 Å². The van der Waals surface area contributed by atoms with E-state index in [4.69, 9.17) is 10.6 Å². The summed E-state index contributed by atoms with van der Waals surface area (Å²) in [4.78, 5) is 6.78. The molecule has 1 aromatic heterocycles. The van der Waals surface area contributed by atoms with E-state index in [2.05, 4.69) is 29.2 Å². The Morgan fingerprint density at radius 1 is 1.39 bits per heavy atom. The second kappa shape index (κ2) is 7.89. The Labute approximate surface area is 109 Å². The Bertz CT molecular complexity index is 342. The van der Waals surface area contributed by atoms with Crippen molar-refractivity contribution in [2.24, 2.45) is 5.84 Å². The maximum absolute atomic E-state index is 5.40. The van der Waals surface area contributed by atoms with E-state index in [1.165, 1.54) is 0 Å². The molecule has 1 heterocycles. The van der Waals surface area contributed by atoms with Gasteiger partial charge in [0.2, 0.25) is 0 Å². The second-order valence-corrected chi connectivity index (χ2v) is 4.18. The summed E-state index contributed by atoms with van der Waals surface area (Å²) in [5.41, 5.74) is 2.58. The van der Waals surface area contributed by atoms with E-state index < -0.39 is 0 Å². The highest BCUT2D eigenvalue weighted by atomic mass is 16.5. The predicted octanol–water partition coefficient (Wildman–Crippen LogP) is 2.01. The third-order valence-corrected chi connectivity index (χ3v) is 3.10. The van der Waals surface area contributed by atoms with Crippen molar-refractivity contribution in [1.29, 1.82) is 0 Å². The first-order valence-electron chi connectivity index (χ1n) is 6.46. The lowest BCUT2D eigenvalue weighted by molar-refractivity contribution is 0.202. The molecule has 0 atom stereocenters. The molecule has 1 rings (SSSR count). The van der Waals surface area contributed by atoms with E-state index in [-0.39, 0.29) is 0 Å². The molecule has 0 fully saturated rings. The largest absolute Gasteiger partial charge is 0.383 e. The summed E-state index contributed by atoms with van der Waals surface area (Å²) in [6.45, 7) is 5.92. The number of methoxy groups -OCH3 is 1. The van der Waals surface area contributed by atoms with Crippen LogP contribution < -0.4 is 16.2 Å². The van der Waals surface area contributed by atoms with Crippen LogP contribution in [-0.4, -0.2) is 31.3 Å². The van der Waals surface area contributed by atoms with Gasteiger partial charge in [0.05, 0.1) is 6.61 Å². The summed E-state index contributed by atoms with van der Waals surface area (Å²) in [6, 6.07) is 6.29. The number of nitrogens with zero attached hydrogens (tertiary/aromatic N) is 2. The van der Waals surface area contributed by atoms with Crippen LogP contribution in [0.25, 0.3) is 0 Å². The summed E-state index contributed by atoms with van der Waals surface area (Å²) in [5.74, 6) is 7.03. The molecule has 0 aromatic carbocycles. The molecule has 18 heavy (non-hydrogen) atoms. The summed E-state index contributed by atoms with van der Waals surface area (Å²) in [6.07, 6.45) is 2.17. The monoisotopic (exact) mass is 252 g/mol. The fraction of sp³-hybridized carbons (Fsp3) is 0.615. The molecule has 0 aliphatic heterocycles. The van der Waals surface area contributed by atoms with Gasteiger partial charge in [0.15, 0.2) is 0 Å². The number of hydrogen-bond acceptors (Lipinski definition) is 5. The molecule has 5 nitrogen and oxygen atoms in total. The lowest BCUT2D eigenvalue weighted by Gasteiger charge is -2.31. The smallest absolute Gasteiger partial charge is 0.142 e. The van der Waals surface area contributed by atoms with Crippen LogP contribution in [0.3, 0.4) is 0 Å². The number of rotatable bonds is 8. The van der Waals surface area contributed by atoms with Crippen molar-refractivity contribution >= 4 is 11.6 Å². The van der Waals surface area contributed by atoms with Gasteiger partial charge in [0.25, 0.3) is 0 Å². The van der Waals surface area contributed by atoms with E-state index >= 15 is 0 Å². The lowest BCUT2D eigenvalue weighted by atomic mass is 10.1. The maximum atomic E-state index is 5.40. The molecule has 0 unspecified atom stereocenters. The number of anilines is 2. The molecule has 0 bridgehead atoms. The van der Waals surface area contributed by atoms with Gasteiger partial charge in [-0.05, 0) is 25.0 Å². The van der Waals surface area contributed by atoms with Gasteiger partial charge in [-0.1, -0.05) is 19.9 Å². The van der Waals surface area contributed by atoms with Crippen LogP contribution in [0.1, 0.15) is 26.7 Å². The van der Waals surface area contributed by atoms with Gasteiger partial charge in [0.1, 0.15) is 11.6 Å². The number of ether oxygens (including phenoxy) is 1. The van der Waals surface area contributed by atoms with Crippen molar-refractivity contribution < 1.29 is 4.74 Å². The van der Waals surface area contributed by atoms with Crippen LogP contribution >= 0.6 is 0 Å². The zero-order valence-electron chi connectivity index (χ0n) is 11.5. The van der Waals surface area contributed by atoms with Crippen LogP contribution in [0, 0.1) is 0 Å². The average Bonchev–Trinajstić information content (AvgIpc) is 2.43. The molecule has 5 heteroatoms. The highest BCUT2D eigenvalue weighted by molar-refractivity contribution is 5.47. The lowest BCUT2D eigenvalue weighted by Crippen LogP contribution is -2.37. The van der Waals surface area contributed by atoms with Gasteiger partial charge < -0.3 is 15.1 Å². The zero-order chi connectivity index (χ0) is 13.4. The van der Waals surface area contributed by atoms with Crippen molar-refractivity contribution in [3.05, 3.63) is 18.2 Å². The Balaban J connectivity index is 2.92. The Morgan fingerprint density at radius 3 is 2.67 bits per heavy atom. The van der Waals surface area contributed by atoms with Crippen LogP contribution in [0.5, 0.6) is 0 Å². The van der Waals surface area contributed by atoms with Crippen LogP contribution in [-0.2, 0) is 4.74 Å². The molecule has 0 saturated heterocycles. The summed E-state index contributed by atoms with van der Waals surface area (Å²) < 4.78 is 5.18.